The van der Waals surface area contributed by atoms with Crippen molar-refractivity contribution in [1.82, 2.24) is 0 Å². The van der Waals surface area contributed by atoms with Gasteiger partial charge in [-0.2, -0.15) is 0 Å². The van der Waals surface area contributed by atoms with Crippen LogP contribution >= 0.6 is 0 Å². The molecule has 0 heterocycles. The van der Waals surface area contributed by atoms with Crippen LogP contribution in [0, 0.1) is 0 Å². The molecule has 0 spiro atoms. The number of aromatic hydroxyl groups is 1. The molecule has 0 saturated heterocycles. The van der Waals surface area contributed by atoms with Crippen molar-refractivity contribution in [3.8, 4) is 5.75 Å². The van der Waals surface area contributed by atoms with Crippen LogP contribution in [0.15, 0.2) is 30.8 Å². The fraction of sp³-hybridized carbons (Fsp3) is 0. The molecule has 0 aliphatic carbocycles. The molecular formula is C8H9FO. The number of phenols is 1. The van der Waals surface area contributed by atoms with E-state index in [0.29, 0.717) is 5.75 Å². The van der Waals surface area contributed by atoms with E-state index < -0.39 is 0 Å². The van der Waals surface area contributed by atoms with Crippen LogP contribution in [-0.2, 0) is 0 Å². The van der Waals surface area contributed by atoms with E-state index in [1.807, 2.05) is 12.1 Å². The molecule has 0 saturated carbocycles. The summed E-state index contributed by atoms with van der Waals surface area (Å²) in [7, 11) is 0. The van der Waals surface area contributed by atoms with Crippen LogP contribution in [0.25, 0.3) is 6.08 Å². The number of halogens is 1. The van der Waals surface area contributed by atoms with Crippen LogP contribution in [0.3, 0.4) is 0 Å². The zero-order valence-corrected chi connectivity index (χ0v) is 5.45. The van der Waals surface area contributed by atoms with Gasteiger partial charge in [-0.15, -0.1) is 0 Å². The average molecular weight is 140 g/mol. The van der Waals surface area contributed by atoms with Gasteiger partial charge in [-0.1, -0.05) is 24.8 Å². The summed E-state index contributed by atoms with van der Waals surface area (Å²) in [6, 6.07) is 6.89. The third-order valence-corrected chi connectivity index (χ3v) is 1.13. The Bertz CT molecular complexity index is 203. The molecule has 0 fully saturated rings. The Labute approximate surface area is 59.0 Å². The highest BCUT2D eigenvalue weighted by atomic mass is 19.0. The van der Waals surface area contributed by atoms with Gasteiger partial charge in [-0.05, 0) is 17.7 Å². The van der Waals surface area contributed by atoms with Crippen LogP contribution < -0.4 is 0 Å². The molecule has 0 aromatic heterocycles. The molecule has 54 valence electrons. The van der Waals surface area contributed by atoms with Crippen molar-refractivity contribution in [3.05, 3.63) is 36.4 Å². The highest BCUT2D eigenvalue weighted by Gasteiger charge is 1.84. The van der Waals surface area contributed by atoms with E-state index in [4.69, 9.17) is 5.11 Å². The number of benzene rings is 1. The van der Waals surface area contributed by atoms with Gasteiger partial charge in [0.25, 0.3) is 0 Å². The monoisotopic (exact) mass is 140 g/mol. The third-order valence-electron chi connectivity index (χ3n) is 1.13. The van der Waals surface area contributed by atoms with Gasteiger partial charge in [0.2, 0.25) is 0 Å². The number of hydrogen-bond acceptors (Lipinski definition) is 1. The Balaban J connectivity index is 0.000000810. The first-order valence-electron chi connectivity index (χ1n) is 2.74. The van der Waals surface area contributed by atoms with Gasteiger partial charge >= 0.3 is 0 Å². The van der Waals surface area contributed by atoms with Crippen molar-refractivity contribution in [2.45, 2.75) is 0 Å². The van der Waals surface area contributed by atoms with Crippen molar-refractivity contribution in [2.75, 3.05) is 0 Å². The maximum Gasteiger partial charge on any atom is 0.115 e. The summed E-state index contributed by atoms with van der Waals surface area (Å²) in [6.45, 7) is 3.58. The van der Waals surface area contributed by atoms with Gasteiger partial charge < -0.3 is 5.11 Å². The Morgan fingerprint density at radius 1 is 1.20 bits per heavy atom. The summed E-state index contributed by atoms with van der Waals surface area (Å²) in [5.41, 5.74) is 1.02. The molecule has 0 aliphatic heterocycles. The minimum atomic E-state index is 0. The van der Waals surface area contributed by atoms with Crippen LogP contribution in [0.4, 0.5) is 4.70 Å². The largest absolute Gasteiger partial charge is 0.508 e. The summed E-state index contributed by atoms with van der Waals surface area (Å²) in [5.74, 6) is 0.292. The summed E-state index contributed by atoms with van der Waals surface area (Å²) in [6.07, 6.45) is 1.74. The van der Waals surface area contributed by atoms with Gasteiger partial charge in [0.1, 0.15) is 5.75 Å². The summed E-state index contributed by atoms with van der Waals surface area (Å²) < 4.78 is 0. The number of rotatable bonds is 1. The van der Waals surface area contributed by atoms with E-state index in [-0.39, 0.29) is 4.70 Å². The minimum Gasteiger partial charge on any atom is -0.508 e. The normalized spacial score (nSPS) is 8.00. The second kappa shape index (κ2) is 3.67. The highest BCUT2D eigenvalue weighted by molar-refractivity contribution is 5.47. The number of phenolic OH excluding ortho intramolecular Hbond substituents is 1. The lowest BCUT2D eigenvalue weighted by atomic mass is 10.2. The zero-order chi connectivity index (χ0) is 6.69. The maximum atomic E-state index is 8.82. The molecule has 1 aromatic carbocycles. The van der Waals surface area contributed by atoms with E-state index in [9.17, 15) is 0 Å². The summed E-state index contributed by atoms with van der Waals surface area (Å²) in [5, 5.41) is 8.82. The average Bonchev–Trinajstić information content (AvgIpc) is 1.90. The number of hydrogen-bond donors (Lipinski definition) is 1. The smallest absolute Gasteiger partial charge is 0.115 e. The lowest BCUT2D eigenvalue weighted by molar-refractivity contribution is 0.475. The Morgan fingerprint density at radius 3 is 2.10 bits per heavy atom. The van der Waals surface area contributed by atoms with Gasteiger partial charge in [-0.25, -0.2) is 0 Å². The van der Waals surface area contributed by atoms with Gasteiger partial charge in [0.05, 0.1) is 0 Å². The fourth-order valence-corrected chi connectivity index (χ4v) is 0.610. The minimum absolute atomic E-state index is 0. The molecule has 10 heavy (non-hydrogen) atoms. The molecule has 1 N–H and O–H groups in total. The van der Waals surface area contributed by atoms with E-state index in [1.165, 1.54) is 0 Å². The Morgan fingerprint density at radius 2 is 1.70 bits per heavy atom. The molecule has 0 amide bonds. The second-order valence-corrected chi connectivity index (χ2v) is 1.80. The quantitative estimate of drug-likeness (QED) is 0.634. The standard InChI is InChI=1S/C8H8O.FH/c1-2-7-3-5-8(9)6-4-7;/h2-6,9H,1H2;1H. The van der Waals surface area contributed by atoms with Crippen LogP contribution in [0.1, 0.15) is 5.56 Å². The first kappa shape index (κ1) is 8.69. The molecule has 1 aromatic rings. The van der Waals surface area contributed by atoms with E-state index in [0.717, 1.165) is 5.56 Å². The van der Waals surface area contributed by atoms with Crippen molar-refractivity contribution >= 4 is 6.08 Å². The van der Waals surface area contributed by atoms with Crippen LogP contribution in [0.5, 0.6) is 5.75 Å². The molecule has 0 unspecified atom stereocenters. The predicted molar refractivity (Wildman–Crippen MR) is 40.7 cm³/mol. The zero-order valence-electron chi connectivity index (χ0n) is 5.45. The van der Waals surface area contributed by atoms with Gasteiger partial charge in [0, 0.05) is 0 Å². The van der Waals surface area contributed by atoms with Crippen molar-refractivity contribution < 1.29 is 9.81 Å². The van der Waals surface area contributed by atoms with E-state index in [2.05, 4.69) is 6.58 Å². The van der Waals surface area contributed by atoms with Crippen molar-refractivity contribution in [2.24, 2.45) is 0 Å². The third kappa shape index (κ3) is 1.90. The van der Waals surface area contributed by atoms with Crippen LogP contribution in [-0.4, -0.2) is 5.11 Å². The molecule has 1 nitrogen and oxygen atoms in total. The Hall–Kier alpha value is -1.31. The molecule has 0 atom stereocenters. The van der Waals surface area contributed by atoms with Crippen molar-refractivity contribution in [3.63, 3.8) is 0 Å². The van der Waals surface area contributed by atoms with Gasteiger partial charge in [-0.3, -0.25) is 4.70 Å². The molecule has 1 rings (SSSR count). The van der Waals surface area contributed by atoms with E-state index >= 15 is 0 Å². The lowest BCUT2D eigenvalue weighted by Gasteiger charge is -1.90. The lowest BCUT2D eigenvalue weighted by Crippen LogP contribution is -1.67. The topological polar surface area (TPSA) is 20.2 Å². The fourth-order valence-electron chi connectivity index (χ4n) is 0.610. The Kier molecular flexibility index (Phi) is 3.19. The van der Waals surface area contributed by atoms with Crippen molar-refractivity contribution in [1.29, 1.82) is 0 Å². The summed E-state index contributed by atoms with van der Waals surface area (Å²) in [4.78, 5) is 0. The van der Waals surface area contributed by atoms with E-state index in [1.54, 1.807) is 18.2 Å². The SMILES string of the molecule is C=Cc1ccc(O)cc1.F. The first-order chi connectivity index (χ1) is 4.33. The first-order valence-corrected chi connectivity index (χ1v) is 2.74. The highest BCUT2D eigenvalue weighted by Crippen LogP contribution is 2.09. The molecule has 2 heteroatoms. The van der Waals surface area contributed by atoms with Crippen LogP contribution in [0.2, 0.25) is 0 Å². The molecule has 0 aliphatic rings. The second-order valence-electron chi connectivity index (χ2n) is 1.80. The molecule has 0 radical (unpaired) electrons. The summed E-state index contributed by atoms with van der Waals surface area (Å²) >= 11 is 0. The predicted octanol–water partition coefficient (Wildman–Crippen LogP) is 2.19. The van der Waals surface area contributed by atoms with Gasteiger partial charge in [0.15, 0.2) is 0 Å². The molecule has 0 bridgehead atoms. The maximum absolute atomic E-state index is 8.82. The molecular weight excluding hydrogens is 131 g/mol.